The van der Waals surface area contributed by atoms with Crippen molar-refractivity contribution in [3.8, 4) is 0 Å². The average molecular weight is 209 g/mol. The molecule has 1 aromatic heterocycles. The summed E-state index contributed by atoms with van der Waals surface area (Å²) in [5.74, 6) is 0.152. The monoisotopic (exact) mass is 209 g/mol. The minimum absolute atomic E-state index is 0.136. The first-order valence-electron chi connectivity index (χ1n) is 5.49. The zero-order valence-electron chi connectivity index (χ0n) is 9.64. The molecule has 0 fully saturated rings. The van der Waals surface area contributed by atoms with Gasteiger partial charge in [-0.3, -0.25) is 0 Å². The van der Waals surface area contributed by atoms with Gasteiger partial charge in [-0.2, -0.15) is 0 Å². The third-order valence-electron chi connectivity index (χ3n) is 2.66. The first kappa shape index (κ1) is 11.8. The number of aromatic nitrogens is 1. The van der Waals surface area contributed by atoms with Gasteiger partial charge in [0.05, 0.1) is 6.61 Å². The molecule has 0 aromatic carbocycles. The second-order valence-corrected chi connectivity index (χ2v) is 3.71. The molecule has 0 aliphatic heterocycles. The fraction of sp³-hybridized carbons (Fsp3) is 0.583. The van der Waals surface area contributed by atoms with Crippen LogP contribution >= 0.6 is 0 Å². The van der Waals surface area contributed by atoms with Crippen molar-refractivity contribution >= 4 is 5.97 Å². The maximum Gasteiger partial charge on any atom is 0.329 e. The van der Waals surface area contributed by atoms with Crippen LogP contribution in [0.5, 0.6) is 0 Å². The number of esters is 1. The molecule has 0 saturated carbocycles. The molecule has 0 amide bonds. The number of carbonyl (C=O) groups is 1. The third kappa shape index (κ3) is 2.85. The fourth-order valence-corrected chi connectivity index (χ4v) is 1.63. The standard InChI is InChI=1S/C12H19NO2/c1-4-10(3)11(12(14)15-5-2)13-8-6-7-9-13/h6-11H,4-5H2,1-3H3/t10-,11-/m1/s1. The highest BCUT2D eigenvalue weighted by Gasteiger charge is 2.26. The number of ether oxygens (including phenoxy) is 1. The summed E-state index contributed by atoms with van der Waals surface area (Å²) in [6, 6.07) is 3.66. The smallest absolute Gasteiger partial charge is 0.329 e. The Hall–Kier alpha value is -1.25. The summed E-state index contributed by atoms with van der Waals surface area (Å²) in [5, 5.41) is 0. The van der Waals surface area contributed by atoms with Gasteiger partial charge in [0.25, 0.3) is 0 Å². The van der Waals surface area contributed by atoms with E-state index in [9.17, 15) is 4.79 Å². The van der Waals surface area contributed by atoms with Gasteiger partial charge in [0.2, 0.25) is 0 Å². The molecular weight excluding hydrogens is 190 g/mol. The topological polar surface area (TPSA) is 31.2 Å². The van der Waals surface area contributed by atoms with Crippen molar-refractivity contribution in [2.75, 3.05) is 6.61 Å². The van der Waals surface area contributed by atoms with Gasteiger partial charge < -0.3 is 9.30 Å². The van der Waals surface area contributed by atoms with Crippen LogP contribution in [0.4, 0.5) is 0 Å². The zero-order valence-corrected chi connectivity index (χ0v) is 9.64. The molecule has 0 bridgehead atoms. The van der Waals surface area contributed by atoms with Gasteiger partial charge in [0.1, 0.15) is 6.04 Å². The minimum atomic E-state index is -0.190. The molecule has 1 heterocycles. The van der Waals surface area contributed by atoms with Crippen LogP contribution in [-0.4, -0.2) is 17.1 Å². The lowest BCUT2D eigenvalue weighted by Gasteiger charge is -2.22. The SMILES string of the molecule is CCOC(=O)[C@@H]([C@H](C)CC)n1cccc1. The van der Waals surface area contributed by atoms with Gasteiger partial charge in [0, 0.05) is 12.4 Å². The lowest BCUT2D eigenvalue weighted by atomic mass is 9.99. The highest BCUT2D eigenvalue weighted by molar-refractivity contribution is 5.74. The largest absolute Gasteiger partial charge is 0.464 e. The van der Waals surface area contributed by atoms with Crippen molar-refractivity contribution in [1.29, 1.82) is 0 Å². The molecule has 0 N–H and O–H groups in total. The molecular formula is C12H19NO2. The van der Waals surface area contributed by atoms with Crippen LogP contribution in [0, 0.1) is 5.92 Å². The summed E-state index contributed by atoms with van der Waals surface area (Å²) >= 11 is 0. The highest BCUT2D eigenvalue weighted by Crippen LogP contribution is 2.22. The summed E-state index contributed by atoms with van der Waals surface area (Å²) in [6.45, 7) is 6.43. The van der Waals surface area contributed by atoms with Gasteiger partial charge >= 0.3 is 5.97 Å². The predicted octanol–water partition coefficient (Wildman–Crippen LogP) is 2.64. The van der Waals surface area contributed by atoms with Gasteiger partial charge in [-0.25, -0.2) is 4.79 Å². The number of hydrogen-bond acceptors (Lipinski definition) is 2. The maximum atomic E-state index is 11.8. The minimum Gasteiger partial charge on any atom is -0.464 e. The Morgan fingerprint density at radius 3 is 2.40 bits per heavy atom. The number of hydrogen-bond donors (Lipinski definition) is 0. The quantitative estimate of drug-likeness (QED) is 0.698. The van der Waals surface area contributed by atoms with Gasteiger partial charge in [-0.15, -0.1) is 0 Å². The first-order chi connectivity index (χ1) is 7.20. The third-order valence-corrected chi connectivity index (χ3v) is 2.66. The molecule has 0 saturated heterocycles. The normalized spacial score (nSPS) is 14.6. The van der Waals surface area contributed by atoms with Crippen LogP contribution in [0.15, 0.2) is 24.5 Å². The van der Waals surface area contributed by atoms with Crippen molar-refractivity contribution in [2.24, 2.45) is 5.92 Å². The average Bonchev–Trinajstić information content (AvgIpc) is 2.71. The van der Waals surface area contributed by atoms with Crippen LogP contribution in [0.3, 0.4) is 0 Å². The van der Waals surface area contributed by atoms with E-state index in [0.717, 1.165) is 6.42 Å². The first-order valence-corrected chi connectivity index (χ1v) is 5.49. The lowest BCUT2D eigenvalue weighted by molar-refractivity contribution is -0.148. The molecule has 0 aliphatic carbocycles. The molecule has 1 rings (SSSR count). The second-order valence-electron chi connectivity index (χ2n) is 3.71. The molecule has 15 heavy (non-hydrogen) atoms. The van der Waals surface area contributed by atoms with Gasteiger partial charge in [0.15, 0.2) is 0 Å². The van der Waals surface area contributed by atoms with Crippen molar-refractivity contribution in [3.63, 3.8) is 0 Å². The van der Waals surface area contributed by atoms with E-state index >= 15 is 0 Å². The Morgan fingerprint density at radius 1 is 1.33 bits per heavy atom. The van der Waals surface area contributed by atoms with E-state index in [0.29, 0.717) is 6.61 Å². The van der Waals surface area contributed by atoms with Crippen LogP contribution in [-0.2, 0) is 9.53 Å². The van der Waals surface area contributed by atoms with Gasteiger partial charge in [-0.05, 0) is 25.0 Å². The number of nitrogens with zero attached hydrogens (tertiary/aromatic N) is 1. The summed E-state index contributed by atoms with van der Waals surface area (Å²) in [4.78, 5) is 11.8. The van der Waals surface area contributed by atoms with Crippen molar-refractivity contribution < 1.29 is 9.53 Å². The molecule has 1 aromatic rings. The molecule has 3 nitrogen and oxygen atoms in total. The Morgan fingerprint density at radius 2 is 1.93 bits per heavy atom. The fourth-order valence-electron chi connectivity index (χ4n) is 1.63. The highest BCUT2D eigenvalue weighted by atomic mass is 16.5. The number of carbonyl (C=O) groups excluding carboxylic acids is 1. The lowest BCUT2D eigenvalue weighted by Crippen LogP contribution is -2.26. The van der Waals surface area contributed by atoms with Crippen LogP contribution in [0.1, 0.15) is 33.2 Å². The van der Waals surface area contributed by atoms with Crippen LogP contribution < -0.4 is 0 Å². The van der Waals surface area contributed by atoms with E-state index in [1.807, 2.05) is 36.0 Å². The van der Waals surface area contributed by atoms with E-state index < -0.39 is 0 Å². The molecule has 3 heteroatoms. The van der Waals surface area contributed by atoms with Crippen molar-refractivity contribution in [2.45, 2.75) is 33.2 Å². The Bertz CT molecular complexity index is 293. The van der Waals surface area contributed by atoms with Crippen LogP contribution in [0.2, 0.25) is 0 Å². The molecule has 0 radical (unpaired) electrons. The van der Waals surface area contributed by atoms with Crippen LogP contribution in [0.25, 0.3) is 0 Å². The molecule has 84 valence electrons. The molecule has 0 spiro atoms. The Balaban J connectivity index is 2.83. The second kappa shape index (κ2) is 5.59. The predicted molar refractivity (Wildman–Crippen MR) is 59.6 cm³/mol. The van der Waals surface area contributed by atoms with Crippen molar-refractivity contribution in [1.82, 2.24) is 4.57 Å². The van der Waals surface area contributed by atoms with Gasteiger partial charge in [-0.1, -0.05) is 20.3 Å². The zero-order chi connectivity index (χ0) is 11.3. The molecule has 0 unspecified atom stereocenters. The van der Waals surface area contributed by atoms with E-state index in [-0.39, 0.29) is 17.9 Å². The summed E-state index contributed by atoms with van der Waals surface area (Å²) in [5.41, 5.74) is 0. The van der Waals surface area contributed by atoms with E-state index in [2.05, 4.69) is 13.8 Å². The Labute approximate surface area is 91.0 Å². The summed E-state index contributed by atoms with van der Waals surface area (Å²) < 4.78 is 7.01. The van der Waals surface area contributed by atoms with E-state index in [1.165, 1.54) is 0 Å². The number of rotatable bonds is 5. The van der Waals surface area contributed by atoms with E-state index in [4.69, 9.17) is 4.74 Å². The molecule has 2 atom stereocenters. The van der Waals surface area contributed by atoms with Crippen molar-refractivity contribution in [3.05, 3.63) is 24.5 Å². The summed E-state index contributed by atoms with van der Waals surface area (Å²) in [6.07, 6.45) is 4.78. The Kier molecular flexibility index (Phi) is 4.40. The molecule has 0 aliphatic rings. The summed E-state index contributed by atoms with van der Waals surface area (Å²) in [7, 11) is 0. The van der Waals surface area contributed by atoms with E-state index in [1.54, 1.807) is 0 Å². The maximum absolute atomic E-state index is 11.8.